The third kappa shape index (κ3) is 2.16. The summed E-state index contributed by atoms with van der Waals surface area (Å²) in [5.74, 6) is 0. The topological polar surface area (TPSA) is 38.0 Å². The summed E-state index contributed by atoms with van der Waals surface area (Å²) in [7, 11) is 0. The Balaban J connectivity index is 2.60. The Bertz CT molecular complexity index is 563. The van der Waals surface area contributed by atoms with Gasteiger partial charge in [0.15, 0.2) is 0 Å². The zero-order valence-corrected chi connectivity index (χ0v) is 11.6. The smallest absolute Gasteiger partial charge is 0.0848 e. The van der Waals surface area contributed by atoms with Crippen LogP contribution in [0.15, 0.2) is 24.3 Å². The fourth-order valence-corrected chi connectivity index (χ4v) is 2.16. The monoisotopic (exact) mass is 264 g/mol. The number of aliphatic hydroxyl groups is 1. The second-order valence-electron chi connectivity index (χ2n) is 4.38. The van der Waals surface area contributed by atoms with Crippen LogP contribution in [0.1, 0.15) is 36.4 Å². The lowest BCUT2D eigenvalue weighted by molar-refractivity contribution is 0.173. The molecule has 0 spiro atoms. The minimum Gasteiger partial charge on any atom is -0.388 e. The van der Waals surface area contributed by atoms with Crippen molar-refractivity contribution in [2.45, 2.75) is 33.3 Å². The molecule has 0 aliphatic carbocycles. The van der Waals surface area contributed by atoms with E-state index >= 15 is 0 Å². The molecule has 1 atom stereocenters. The van der Waals surface area contributed by atoms with Gasteiger partial charge in [0.2, 0.25) is 0 Å². The van der Waals surface area contributed by atoms with E-state index in [1.54, 1.807) is 4.68 Å². The molecule has 3 nitrogen and oxygen atoms in total. The van der Waals surface area contributed by atoms with E-state index in [1.165, 1.54) is 0 Å². The lowest BCUT2D eigenvalue weighted by atomic mass is 10.1. The van der Waals surface area contributed by atoms with E-state index in [1.807, 2.05) is 45.0 Å². The zero-order valence-electron chi connectivity index (χ0n) is 10.8. The molecule has 2 aromatic rings. The van der Waals surface area contributed by atoms with Crippen molar-refractivity contribution in [1.82, 2.24) is 9.78 Å². The summed E-state index contributed by atoms with van der Waals surface area (Å²) in [6, 6.07) is 7.73. The van der Waals surface area contributed by atoms with Crippen LogP contribution in [0.4, 0.5) is 0 Å². The van der Waals surface area contributed by atoms with E-state index in [0.29, 0.717) is 11.4 Å². The Kier molecular flexibility index (Phi) is 3.73. The summed E-state index contributed by atoms with van der Waals surface area (Å²) in [4.78, 5) is 0. The van der Waals surface area contributed by atoms with Crippen molar-refractivity contribution in [3.63, 3.8) is 0 Å². The predicted octanol–water partition coefficient (Wildman–Crippen LogP) is 3.59. The molecule has 1 aromatic carbocycles. The maximum Gasteiger partial charge on any atom is 0.0848 e. The average molecular weight is 265 g/mol. The summed E-state index contributed by atoms with van der Waals surface area (Å²) < 4.78 is 1.80. The van der Waals surface area contributed by atoms with Gasteiger partial charge in [-0.25, -0.2) is 4.68 Å². The van der Waals surface area contributed by atoms with Crippen LogP contribution in [0.25, 0.3) is 5.69 Å². The van der Waals surface area contributed by atoms with Gasteiger partial charge in [-0.2, -0.15) is 5.10 Å². The van der Waals surface area contributed by atoms with Gasteiger partial charge >= 0.3 is 0 Å². The van der Waals surface area contributed by atoms with Crippen LogP contribution in [0, 0.1) is 13.8 Å². The molecular weight excluding hydrogens is 248 g/mol. The number of halogens is 1. The first-order chi connectivity index (χ1) is 8.56. The largest absolute Gasteiger partial charge is 0.388 e. The van der Waals surface area contributed by atoms with Gasteiger partial charge in [-0.15, -0.1) is 0 Å². The first kappa shape index (κ1) is 13.1. The summed E-state index contributed by atoms with van der Waals surface area (Å²) in [6.07, 6.45) is 0.188. The van der Waals surface area contributed by atoms with Crippen molar-refractivity contribution in [2.24, 2.45) is 0 Å². The van der Waals surface area contributed by atoms with Gasteiger partial charge in [0.25, 0.3) is 0 Å². The van der Waals surface area contributed by atoms with E-state index in [9.17, 15) is 5.11 Å². The molecule has 18 heavy (non-hydrogen) atoms. The number of nitrogens with zero attached hydrogens (tertiary/aromatic N) is 2. The molecule has 0 aliphatic heterocycles. The van der Waals surface area contributed by atoms with Crippen LogP contribution in [-0.2, 0) is 0 Å². The minimum atomic E-state index is -0.483. The Morgan fingerprint density at radius 1 is 1.33 bits per heavy atom. The van der Waals surface area contributed by atoms with Gasteiger partial charge < -0.3 is 5.11 Å². The SMILES string of the molecule is CC[C@@H](O)c1ccccc1-n1nc(C)c(Cl)c1C. The molecule has 0 radical (unpaired) electrons. The molecule has 96 valence electrons. The first-order valence-corrected chi connectivity index (χ1v) is 6.43. The highest BCUT2D eigenvalue weighted by Gasteiger charge is 2.16. The van der Waals surface area contributed by atoms with Crippen molar-refractivity contribution in [1.29, 1.82) is 0 Å². The standard InChI is InChI=1S/C14H17ClN2O/c1-4-13(18)11-7-5-6-8-12(11)17-10(3)14(15)9(2)16-17/h5-8,13,18H,4H2,1-3H3/t13-/m1/s1. The molecule has 1 N–H and O–H groups in total. The van der Waals surface area contributed by atoms with Crippen molar-refractivity contribution >= 4 is 11.6 Å². The summed E-state index contributed by atoms with van der Waals surface area (Å²) in [5, 5.41) is 15.2. The number of hydrogen-bond acceptors (Lipinski definition) is 2. The van der Waals surface area contributed by atoms with Gasteiger partial charge in [0.1, 0.15) is 0 Å². The van der Waals surface area contributed by atoms with Crippen molar-refractivity contribution in [3.8, 4) is 5.69 Å². The fourth-order valence-electron chi connectivity index (χ4n) is 2.04. The van der Waals surface area contributed by atoms with Crippen LogP contribution >= 0.6 is 11.6 Å². The number of aliphatic hydroxyl groups excluding tert-OH is 1. The van der Waals surface area contributed by atoms with E-state index < -0.39 is 6.10 Å². The fraction of sp³-hybridized carbons (Fsp3) is 0.357. The Morgan fingerprint density at radius 2 is 2.00 bits per heavy atom. The molecule has 0 bridgehead atoms. The number of rotatable bonds is 3. The first-order valence-electron chi connectivity index (χ1n) is 6.05. The quantitative estimate of drug-likeness (QED) is 0.920. The van der Waals surface area contributed by atoms with Crippen LogP contribution in [0.2, 0.25) is 5.02 Å². The Hall–Kier alpha value is -1.32. The van der Waals surface area contributed by atoms with Gasteiger partial charge in [-0.05, 0) is 26.3 Å². The highest BCUT2D eigenvalue weighted by atomic mass is 35.5. The summed E-state index contributed by atoms with van der Waals surface area (Å²) >= 11 is 6.17. The lowest BCUT2D eigenvalue weighted by Crippen LogP contribution is -2.06. The lowest BCUT2D eigenvalue weighted by Gasteiger charge is -2.15. The molecule has 0 aliphatic rings. The highest BCUT2D eigenvalue weighted by molar-refractivity contribution is 6.31. The maximum atomic E-state index is 10.1. The van der Waals surface area contributed by atoms with Crippen molar-refractivity contribution in [2.75, 3.05) is 0 Å². The van der Waals surface area contributed by atoms with Crippen molar-refractivity contribution in [3.05, 3.63) is 46.2 Å². The third-order valence-corrected chi connectivity index (χ3v) is 3.66. The average Bonchev–Trinajstić information content (AvgIpc) is 2.65. The van der Waals surface area contributed by atoms with Gasteiger partial charge in [0, 0.05) is 5.56 Å². The zero-order chi connectivity index (χ0) is 13.3. The number of aromatic nitrogens is 2. The molecule has 2 rings (SSSR count). The second-order valence-corrected chi connectivity index (χ2v) is 4.76. The van der Waals surface area contributed by atoms with Crippen LogP contribution in [0.5, 0.6) is 0 Å². The third-order valence-electron chi connectivity index (χ3n) is 3.11. The number of benzene rings is 1. The summed E-state index contributed by atoms with van der Waals surface area (Å²) in [5.41, 5.74) is 3.46. The van der Waals surface area contributed by atoms with Crippen LogP contribution in [-0.4, -0.2) is 14.9 Å². The molecule has 0 unspecified atom stereocenters. The normalized spacial score (nSPS) is 12.7. The number of aryl methyl sites for hydroxylation is 1. The van der Waals surface area contributed by atoms with Crippen LogP contribution in [0.3, 0.4) is 0 Å². The molecule has 4 heteroatoms. The van der Waals surface area contributed by atoms with Crippen LogP contribution < -0.4 is 0 Å². The summed E-state index contributed by atoms with van der Waals surface area (Å²) in [6.45, 7) is 5.76. The number of hydrogen-bond donors (Lipinski definition) is 1. The number of para-hydroxylation sites is 1. The molecule has 0 fully saturated rings. The maximum absolute atomic E-state index is 10.1. The highest BCUT2D eigenvalue weighted by Crippen LogP contribution is 2.28. The minimum absolute atomic E-state index is 0.483. The second kappa shape index (κ2) is 5.12. The molecule has 1 aromatic heterocycles. The molecule has 0 saturated carbocycles. The Labute approximate surface area is 112 Å². The van der Waals surface area contributed by atoms with E-state index in [0.717, 1.165) is 22.6 Å². The Morgan fingerprint density at radius 3 is 2.56 bits per heavy atom. The van der Waals surface area contributed by atoms with E-state index in [-0.39, 0.29) is 0 Å². The van der Waals surface area contributed by atoms with E-state index in [4.69, 9.17) is 11.6 Å². The van der Waals surface area contributed by atoms with Crippen molar-refractivity contribution < 1.29 is 5.11 Å². The molecule has 0 saturated heterocycles. The predicted molar refractivity (Wildman–Crippen MR) is 73.3 cm³/mol. The van der Waals surface area contributed by atoms with Gasteiger partial charge in [-0.3, -0.25) is 0 Å². The molecular formula is C14H17ClN2O. The molecule has 0 amide bonds. The molecule has 1 heterocycles. The van der Waals surface area contributed by atoms with Gasteiger partial charge in [-0.1, -0.05) is 36.7 Å². The van der Waals surface area contributed by atoms with Gasteiger partial charge in [0.05, 0.1) is 28.2 Å². The van der Waals surface area contributed by atoms with E-state index in [2.05, 4.69) is 5.10 Å².